The summed E-state index contributed by atoms with van der Waals surface area (Å²) in [7, 11) is 0. The molecule has 1 heterocycles. The minimum Gasteiger partial charge on any atom is -0.378 e. The molecular weight excluding hydrogens is 283 g/mol. The van der Waals surface area contributed by atoms with Crippen LogP contribution >= 0.6 is 0 Å². The predicted octanol–water partition coefficient (Wildman–Crippen LogP) is 3.06. The van der Waals surface area contributed by atoms with E-state index in [0.717, 1.165) is 12.1 Å². The van der Waals surface area contributed by atoms with Crippen molar-refractivity contribution in [3.63, 3.8) is 0 Å². The molecule has 2 atom stereocenters. The number of ether oxygens (including phenoxy) is 1. The third-order valence-electron chi connectivity index (χ3n) is 3.84. The Bertz CT molecular complexity index is 528. The zero-order valence-corrected chi connectivity index (χ0v) is 12.0. The van der Waals surface area contributed by atoms with E-state index in [9.17, 15) is 18.0 Å². The topological polar surface area (TPSA) is 38.3 Å². The van der Waals surface area contributed by atoms with E-state index in [1.165, 1.54) is 6.07 Å². The Labute approximate surface area is 121 Å². The van der Waals surface area contributed by atoms with Crippen LogP contribution in [0.4, 0.5) is 13.2 Å². The number of rotatable bonds is 3. The molecule has 0 spiro atoms. The second-order valence-corrected chi connectivity index (χ2v) is 5.33. The molecule has 0 aliphatic carbocycles. The fourth-order valence-corrected chi connectivity index (χ4v) is 2.46. The van der Waals surface area contributed by atoms with Gasteiger partial charge in [0.15, 0.2) is 0 Å². The summed E-state index contributed by atoms with van der Waals surface area (Å²) in [6.45, 7) is 4.25. The molecule has 1 N–H and O–H groups in total. The molecule has 1 saturated heterocycles. The van der Waals surface area contributed by atoms with Gasteiger partial charge in [0, 0.05) is 13.2 Å². The largest absolute Gasteiger partial charge is 0.416 e. The second kappa shape index (κ2) is 6.05. The van der Waals surface area contributed by atoms with Crippen molar-refractivity contribution in [2.45, 2.75) is 39.1 Å². The Hall–Kier alpha value is -1.56. The van der Waals surface area contributed by atoms with E-state index in [4.69, 9.17) is 4.74 Å². The maximum Gasteiger partial charge on any atom is 0.416 e. The molecule has 1 aromatic rings. The van der Waals surface area contributed by atoms with Gasteiger partial charge in [-0.2, -0.15) is 13.2 Å². The van der Waals surface area contributed by atoms with Crippen LogP contribution in [-0.4, -0.2) is 18.6 Å². The molecule has 116 valence electrons. The summed E-state index contributed by atoms with van der Waals surface area (Å²) in [5.74, 6) is -0.293. The molecule has 0 aromatic heterocycles. The van der Waals surface area contributed by atoms with E-state index in [1.54, 1.807) is 6.92 Å². The molecule has 21 heavy (non-hydrogen) atoms. The smallest absolute Gasteiger partial charge is 0.378 e. The quantitative estimate of drug-likeness (QED) is 0.932. The minimum atomic E-state index is -4.34. The van der Waals surface area contributed by atoms with Crippen molar-refractivity contribution in [2.24, 2.45) is 5.92 Å². The molecule has 1 aromatic carbocycles. The second-order valence-electron chi connectivity index (χ2n) is 5.33. The number of hydrogen-bond donors (Lipinski definition) is 1. The molecule has 1 aliphatic rings. The fraction of sp³-hybridized carbons (Fsp3) is 0.533. The van der Waals surface area contributed by atoms with Crippen molar-refractivity contribution in [1.29, 1.82) is 0 Å². The van der Waals surface area contributed by atoms with E-state index in [2.05, 4.69) is 5.32 Å². The summed E-state index contributed by atoms with van der Waals surface area (Å²) in [6, 6.07) is 3.55. The van der Waals surface area contributed by atoms with Crippen LogP contribution in [0, 0.1) is 12.8 Å². The van der Waals surface area contributed by atoms with Gasteiger partial charge in [0.05, 0.1) is 17.6 Å². The number of benzene rings is 1. The predicted molar refractivity (Wildman–Crippen MR) is 71.5 cm³/mol. The monoisotopic (exact) mass is 301 g/mol. The number of nitrogens with one attached hydrogen (secondary N) is 1. The normalized spacial score (nSPS) is 22.3. The standard InChI is InChI=1S/C15H18F3NO2/c1-9-7-12(15(16,17)18)4-3-11(9)8-19-14(20)13-5-6-21-10(13)2/h3-4,7,10,13H,5-6,8H2,1-2H3,(H,19,20)/t10-,13-/m0/s1. The zero-order valence-electron chi connectivity index (χ0n) is 12.0. The van der Waals surface area contributed by atoms with Gasteiger partial charge in [-0.3, -0.25) is 4.79 Å². The van der Waals surface area contributed by atoms with Crippen LogP contribution in [-0.2, 0) is 22.3 Å². The molecule has 1 fully saturated rings. The first-order chi connectivity index (χ1) is 9.79. The van der Waals surface area contributed by atoms with E-state index >= 15 is 0 Å². The van der Waals surface area contributed by atoms with Crippen molar-refractivity contribution in [1.82, 2.24) is 5.32 Å². The zero-order chi connectivity index (χ0) is 15.6. The Morgan fingerprint density at radius 3 is 2.67 bits per heavy atom. The van der Waals surface area contributed by atoms with E-state index in [1.807, 2.05) is 6.92 Å². The van der Waals surface area contributed by atoms with Crippen LogP contribution in [0.1, 0.15) is 30.0 Å². The number of hydrogen-bond acceptors (Lipinski definition) is 2. The average Bonchev–Trinajstić information content (AvgIpc) is 2.82. The lowest BCUT2D eigenvalue weighted by molar-refractivity contribution is -0.137. The molecule has 2 rings (SSSR count). The molecule has 0 radical (unpaired) electrons. The van der Waals surface area contributed by atoms with Gasteiger partial charge < -0.3 is 10.1 Å². The highest BCUT2D eigenvalue weighted by Gasteiger charge is 2.31. The van der Waals surface area contributed by atoms with Gasteiger partial charge in [-0.1, -0.05) is 6.07 Å². The lowest BCUT2D eigenvalue weighted by Gasteiger charge is -2.15. The van der Waals surface area contributed by atoms with Crippen molar-refractivity contribution in [3.8, 4) is 0 Å². The van der Waals surface area contributed by atoms with Gasteiger partial charge in [-0.05, 0) is 43.5 Å². The van der Waals surface area contributed by atoms with Crippen LogP contribution in [0.3, 0.4) is 0 Å². The third-order valence-corrected chi connectivity index (χ3v) is 3.84. The molecule has 3 nitrogen and oxygen atoms in total. The molecule has 6 heteroatoms. The molecular formula is C15H18F3NO2. The van der Waals surface area contributed by atoms with Gasteiger partial charge in [0.25, 0.3) is 0 Å². The summed E-state index contributed by atoms with van der Waals surface area (Å²) in [5.41, 5.74) is 0.525. The average molecular weight is 301 g/mol. The summed E-state index contributed by atoms with van der Waals surface area (Å²) in [6.07, 6.45) is -3.78. The van der Waals surface area contributed by atoms with E-state index in [-0.39, 0.29) is 24.5 Å². The van der Waals surface area contributed by atoms with Crippen LogP contribution in [0.25, 0.3) is 0 Å². The molecule has 0 bridgehead atoms. The first kappa shape index (κ1) is 15.8. The van der Waals surface area contributed by atoms with E-state index in [0.29, 0.717) is 24.2 Å². The molecule has 1 aliphatic heterocycles. The van der Waals surface area contributed by atoms with Gasteiger partial charge in [0.2, 0.25) is 5.91 Å². The van der Waals surface area contributed by atoms with Crippen LogP contribution < -0.4 is 5.32 Å². The highest BCUT2D eigenvalue weighted by atomic mass is 19.4. The van der Waals surface area contributed by atoms with Gasteiger partial charge >= 0.3 is 6.18 Å². The Kier molecular flexibility index (Phi) is 4.56. The van der Waals surface area contributed by atoms with Crippen molar-refractivity contribution < 1.29 is 22.7 Å². The number of alkyl halides is 3. The maximum atomic E-state index is 12.6. The van der Waals surface area contributed by atoms with Crippen molar-refractivity contribution >= 4 is 5.91 Å². The highest BCUT2D eigenvalue weighted by molar-refractivity contribution is 5.79. The molecule has 0 saturated carbocycles. The maximum absolute atomic E-state index is 12.6. The van der Waals surface area contributed by atoms with Crippen LogP contribution in [0.15, 0.2) is 18.2 Å². The molecule has 1 amide bonds. The summed E-state index contributed by atoms with van der Waals surface area (Å²) in [4.78, 5) is 12.0. The van der Waals surface area contributed by atoms with Gasteiger partial charge in [-0.15, -0.1) is 0 Å². The van der Waals surface area contributed by atoms with E-state index < -0.39 is 11.7 Å². The Balaban J connectivity index is 1.99. The first-order valence-corrected chi connectivity index (χ1v) is 6.85. The van der Waals surface area contributed by atoms with Gasteiger partial charge in [-0.25, -0.2) is 0 Å². The number of carbonyl (C=O) groups is 1. The SMILES string of the molecule is Cc1cc(C(F)(F)F)ccc1CNC(=O)[C@H]1CCO[C@H]1C. The summed E-state index contributed by atoms with van der Waals surface area (Å²) < 4.78 is 43.1. The number of aryl methyl sites for hydroxylation is 1. The van der Waals surface area contributed by atoms with Crippen molar-refractivity contribution in [2.75, 3.05) is 6.61 Å². The number of halogens is 3. The lowest BCUT2D eigenvalue weighted by atomic mass is 10.0. The van der Waals surface area contributed by atoms with Gasteiger partial charge in [0.1, 0.15) is 0 Å². The third kappa shape index (κ3) is 3.75. The number of amides is 1. The molecule has 0 unspecified atom stereocenters. The summed E-state index contributed by atoms with van der Waals surface area (Å²) in [5, 5.41) is 2.77. The lowest BCUT2D eigenvalue weighted by Crippen LogP contribution is -2.33. The minimum absolute atomic E-state index is 0.112. The number of carbonyl (C=O) groups excluding carboxylic acids is 1. The Morgan fingerprint density at radius 2 is 2.14 bits per heavy atom. The Morgan fingerprint density at radius 1 is 1.43 bits per heavy atom. The fourth-order valence-electron chi connectivity index (χ4n) is 2.46. The van der Waals surface area contributed by atoms with Crippen LogP contribution in [0.5, 0.6) is 0 Å². The van der Waals surface area contributed by atoms with Crippen molar-refractivity contribution in [3.05, 3.63) is 34.9 Å². The first-order valence-electron chi connectivity index (χ1n) is 6.85. The van der Waals surface area contributed by atoms with Crippen LogP contribution in [0.2, 0.25) is 0 Å². The highest BCUT2D eigenvalue weighted by Crippen LogP contribution is 2.30. The summed E-state index contributed by atoms with van der Waals surface area (Å²) >= 11 is 0.